The Morgan fingerprint density at radius 2 is 2.24 bits per heavy atom. The van der Waals surface area contributed by atoms with Gasteiger partial charge in [-0.25, -0.2) is 9.40 Å². The number of amides is 1. The van der Waals surface area contributed by atoms with Crippen molar-refractivity contribution in [1.29, 1.82) is 0 Å². The van der Waals surface area contributed by atoms with Gasteiger partial charge in [0, 0.05) is 18.5 Å². The lowest BCUT2D eigenvalue weighted by Gasteiger charge is -2.23. The minimum absolute atomic E-state index is 0.0738. The second-order valence-corrected chi connectivity index (χ2v) is 4.11. The molecule has 0 spiro atoms. The summed E-state index contributed by atoms with van der Waals surface area (Å²) >= 11 is 0. The zero-order valence-electron chi connectivity index (χ0n) is 9.53. The minimum Gasteiger partial charge on any atom is -0.330 e. The Balaban J connectivity index is 2.18. The lowest BCUT2D eigenvalue weighted by molar-refractivity contribution is -0.121. The number of nitrogens with zero attached hydrogens (tertiary/aromatic N) is 1. The van der Waals surface area contributed by atoms with Crippen LogP contribution in [0.1, 0.15) is 24.4 Å². The average Bonchev–Trinajstić information content (AvgIpc) is 2.68. The summed E-state index contributed by atoms with van der Waals surface area (Å²) in [5, 5.41) is 1.77. The molecule has 17 heavy (non-hydrogen) atoms. The molecule has 1 unspecified atom stereocenters. The molecule has 1 aromatic rings. The van der Waals surface area contributed by atoms with Crippen LogP contribution in [0.4, 0.5) is 4.39 Å². The number of rotatable bonds is 4. The molecule has 3 N–H and O–H groups in total. The van der Waals surface area contributed by atoms with Crippen molar-refractivity contribution in [3.8, 4) is 0 Å². The first-order valence-corrected chi connectivity index (χ1v) is 5.73. The molecular formula is C12H16FN3O. The van der Waals surface area contributed by atoms with Gasteiger partial charge >= 0.3 is 0 Å². The van der Waals surface area contributed by atoms with E-state index in [1.807, 2.05) is 0 Å². The summed E-state index contributed by atoms with van der Waals surface area (Å²) in [7, 11) is 0. The van der Waals surface area contributed by atoms with Crippen LogP contribution in [-0.4, -0.2) is 24.0 Å². The monoisotopic (exact) mass is 237 g/mol. The van der Waals surface area contributed by atoms with E-state index in [0.29, 0.717) is 25.1 Å². The van der Waals surface area contributed by atoms with Crippen molar-refractivity contribution in [2.75, 3.05) is 13.1 Å². The maximum absolute atomic E-state index is 13.7. The van der Waals surface area contributed by atoms with Gasteiger partial charge in [0.1, 0.15) is 5.82 Å². The van der Waals surface area contributed by atoms with E-state index in [1.54, 1.807) is 23.2 Å². The second-order valence-electron chi connectivity index (χ2n) is 4.11. The van der Waals surface area contributed by atoms with Crippen LogP contribution in [0.15, 0.2) is 24.3 Å². The highest BCUT2D eigenvalue weighted by Gasteiger charge is 2.32. The van der Waals surface area contributed by atoms with E-state index in [2.05, 4.69) is 5.43 Å². The van der Waals surface area contributed by atoms with Crippen LogP contribution in [0.2, 0.25) is 0 Å². The van der Waals surface area contributed by atoms with Crippen LogP contribution in [0, 0.1) is 5.82 Å². The number of nitrogens with two attached hydrogens (primary N) is 1. The molecule has 0 radical (unpaired) electrons. The molecule has 0 aliphatic carbocycles. The van der Waals surface area contributed by atoms with Gasteiger partial charge < -0.3 is 5.73 Å². The highest BCUT2D eigenvalue weighted by Crippen LogP contribution is 2.29. The molecule has 2 rings (SSSR count). The molecule has 92 valence electrons. The van der Waals surface area contributed by atoms with E-state index < -0.39 is 0 Å². The van der Waals surface area contributed by atoms with Crippen LogP contribution in [-0.2, 0) is 4.79 Å². The number of carbonyl (C=O) groups excluding carboxylic acids is 1. The van der Waals surface area contributed by atoms with Crippen LogP contribution >= 0.6 is 0 Å². The third-order valence-electron chi connectivity index (χ3n) is 2.89. The number of hydrogen-bond acceptors (Lipinski definition) is 3. The molecule has 0 bridgehead atoms. The van der Waals surface area contributed by atoms with Crippen molar-refractivity contribution >= 4 is 5.91 Å². The standard InChI is InChI=1S/C12H16FN3O/c13-10-5-2-1-4-9(10)11-8-12(17)15-16(11)7-3-6-14/h1-2,4-5,11H,3,6-8,14H2,(H,15,17). The highest BCUT2D eigenvalue weighted by molar-refractivity contribution is 5.78. The first-order chi connectivity index (χ1) is 8.22. The van der Waals surface area contributed by atoms with E-state index in [0.717, 1.165) is 6.42 Å². The average molecular weight is 237 g/mol. The first-order valence-electron chi connectivity index (χ1n) is 5.73. The van der Waals surface area contributed by atoms with Crippen molar-refractivity contribution < 1.29 is 9.18 Å². The van der Waals surface area contributed by atoms with Gasteiger partial charge in [-0.15, -0.1) is 0 Å². The molecule has 0 saturated carbocycles. The number of hydrogen-bond donors (Lipinski definition) is 2. The summed E-state index contributed by atoms with van der Waals surface area (Å²) in [6.45, 7) is 1.19. The fourth-order valence-corrected chi connectivity index (χ4v) is 2.07. The first kappa shape index (κ1) is 12.0. The maximum atomic E-state index is 13.7. The molecule has 1 aromatic carbocycles. The van der Waals surface area contributed by atoms with Crippen molar-refractivity contribution in [3.05, 3.63) is 35.6 Å². The fourth-order valence-electron chi connectivity index (χ4n) is 2.07. The second kappa shape index (κ2) is 5.25. The van der Waals surface area contributed by atoms with Gasteiger partial charge in [-0.3, -0.25) is 10.2 Å². The van der Waals surface area contributed by atoms with Crippen molar-refractivity contribution in [2.45, 2.75) is 18.9 Å². The lowest BCUT2D eigenvalue weighted by atomic mass is 10.0. The van der Waals surface area contributed by atoms with Crippen LogP contribution < -0.4 is 11.2 Å². The number of carbonyl (C=O) groups is 1. The summed E-state index contributed by atoms with van der Waals surface area (Å²) < 4.78 is 13.7. The highest BCUT2D eigenvalue weighted by atomic mass is 19.1. The van der Waals surface area contributed by atoms with Gasteiger partial charge in [0.2, 0.25) is 5.91 Å². The third-order valence-corrected chi connectivity index (χ3v) is 2.89. The molecule has 5 heteroatoms. The van der Waals surface area contributed by atoms with Gasteiger partial charge in [-0.2, -0.15) is 0 Å². The largest absolute Gasteiger partial charge is 0.330 e. The Hall–Kier alpha value is -1.46. The summed E-state index contributed by atoms with van der Waals surface area (Å²) in [6, 6.07) is 6.33. The zero-order chi connectivity index (χ0) is 12.3. The van der Waals surface area contributed by atoms with Gasteiger partial charge in [0.15, 0.2) is 0 Å². The molecule has 1 saturated heterocycles. The normalized spacial score (nSPS) is 20.6. The fraction of sp³-hybridized carbons (Fsp3) is 0.417. The molecule has 1 aliphatic rings. The van der Waals surface area contributed by atoms with Gasteiger partial charge in [0.25, 0.3) is 0 Å². The Labute approximate surface area is 99.6 Å². The zero-order valence-corrected chi connectivity index (χ0v) is 9.53. The summed E-state index contributed by atoms with van der Waals surface area (Å²) in [6.07, 6.45) is 1.07. The Bertz CT molecular complexity index is 410. The van der Waals surface area contributed by atoms with E-state index in [4.69, 9.17) is 5.73 Å². The SMILES string of the molecule is NCCCN1NC(=O)CC1c1ccccc1F. The number of benzene rings is 1. The van der Waals surface area contributed by atoms with Gasteiger partial charge in [0.05, 0.1) is 6.04 Å². The smallest absolute Gasteiger partial charge is 0.236 e. The summed E-state index contributed by atoms with van der Waals surface area (Å²) in [5.41, 5.74) is 8.74. The predicted molar refractivity (Wildman–Crippen MR) is 62.3 cm³/mol. The van der Waals surface area contributed by atoms with Crippen LogP contribution in [0.25, 0.3) is 0 Å². The van der Waals surface area contributed by atoms with E-state index in [1.165, 1.54) is 6.07 Å². The summed E-state index contributed by atoms with van der Waals surface area (Å²) in [5.74, 6) is -0.345. The van der Waals surface area contributed by atoms with Crippen LogP contribution in [0.3, 0.4) is 0 Å². The molecule has 4 nitrogen and oxygen atoms in total. The van der Waals surface area contributed by atoms with E-state index in [9.17, 15) is 9.18 Å². The van der Waals surface area contributed by atoms with Crippen molar-refractivity contribution in [1.82, 2.24) is 10.4 Å². The Morgan fingerprint density at radius 3 is 2.94 bits per heavy atom. The number of halogens is 1. The molecule has 1 atom stereocenters. The van der Waals surface area contributed by atoms with Gasteiger partial charge in [-0.1, -0.05) is 18.2 Å². The molecule has 0 aromatic heterocycles. The van der Waals surface area contributed by atoms with Crippen molar-refractivity contribution in [2.24, 2.45) is 5.73 Å². The minimum atomic E-state index is -0.272. The van der Waals surface area contributed by atoms with Crippen LogP contribution in [0.5, 0.6) is 0 Å². The van der Waals surface area contributed by atoms with Gasteiger partial charge in [-0.05, 0) is 19.0 Å². The molecule has 1 fully saturated rings. The molecule has 1 aliphatic heterocycles. The number of hydrazine groups is 1. The van der Waals surface area contributed by atoms with E-state index >= 15 is 0 Å². The topological polar surface area (TPSA) is 58.4 Å². The lowest BCUT2D eigenvalue weighted by Crippen LogP contribution is -2.36. The molecular weight excluding hydrogens is 221 g/mol. The summed E-state index contributed by atoms with van der Waals surface area (Å²) in [4.78, 5) is 11.4. The molecule has 1 amide bonds. The van der Waals surface area contributed by atoms with Crippen molar-refractivity contribution in [3.63, 3.8) is 0 Å². The Morgan fingerprint density at radius 1 is 1.47 bits per heavy atom. The Kier molecular flexibility index (Phi) is 3.71. The third kappa shape index (κ3) is 2.62. The maximum Gasteiger partial charge on any atom is 0.236 e. The predicted octanol–water partition coefficient (Wildman–Crippen LogP) is 0.952. The molecule has 1 heterocycles. The number of nitrogens with one attached hydrogen (secondary N) is 1. The quantitative estimate of drug-likeness (QED) is 0.819. The van der Waals surface area contributed by atoms with E-state index in [-0.39, 0.29) is 17.8 Å².